The second kappa shape index (κ2) is 3.58. The van der Waals surface area contributed by atoms with E-state index in [0.717, 1.165) is 32.5 Å². The molecule has 9 heavy (non-hydrogen) atoms. The Kier molecular flexibility index (Phi) is 2.67. The fourth-order valence-corrected chi connectivity index (χ4v) is 0.920. The van der Waals surface area contributed by atoms with Crippen molar-refractivity contribution in [2.75, 3.05) is 26.2 Å². The Morgan fingerprint density at radius 1 is 1.22 bits per heavy atom. The maximum atomic E-state index is 10.2. The molecule has 1 rings (SSSR count). The lowest BCUT2D eigenvalue weighted by atomic mass is 10.2. The van der Waals surface area contributed by atoms with Crippen molar-refractivity contribution in [2.24, 2.45) is 5.92 Å². The van der Waals surface area contributed by atoms with Crippen LogP contribution in [0.5, 0.6) is 0 Å². The number of rotatable bonds is 1. The summed E-state index contributed by atoms with van der Waals surface area (Å²) in [6.45, 7) is 3.61. The van der Waals surface area contributed by atoms with Crippen LogP contribution in [0.15, 0.2) is 0 Å². The molecule has 0 aromatic heterocycles. The zero-order chi connectivity index (χ0) is 6.53. The van der Waals surface area contributed by atoms with Gasteiger partial charge in [0.1, 0.15) is 6.29 Å². The average Bonchev–Trinajstić information content (AvgIpc) is 2.13. The van der Waals surface area contributed by atoms with Crippen molar-refractivity contribution in [1.82, 2.24) is 10.6 Å². The summed E-state index contributed by atoms with van der Waals surface area (Å²) in [5, 5.41) is 6.31. The van der Waals surface area contributed by atoms with Gasteiger partial charge in [-0.2, -0.15) is 0 Å². The molecule has 2 N–H and O–H groups in total. The Morgan fingerprint density at radius 2 is 1.78 bits per heavy atom. The molecule has 0 atom stereocenters. The molecule has 1 aliphatic rings. The lowest BCUT2D eigenvalue weighted by molar-refractivity contribution is -0.110. The van der Waals surface area contributed by atoms with E-state index in [4.69, 9.17) is 0 Å². The molecule has 0 bridgehead atoms. The van der Waals surface area contributed by atoms with Gasteiger partial charge in [-0.05, 0) is 0 Å². The van der Waals surface area contributed by atoms with Crippen molar-refractivity contribution in [2.45, 2.75) is 0 Å². The van der Waals surface area contributed by atoms with Gasteiger partial charge in [-0.15, -0.1) is 0 Å². The fourth-order valence-electron chi connectivity index (χ4n) is 0.920. The molecule has 0 saturated carbocycles. The van der Waals surface area contributed by atoms with Crippen LogP contribution < -0.4 is 10.6 Å². The third kappa shape index (κ3) is 2.11. The number of carbonyl (C=O) groups excluding carboxylic acids is 1. The molecule has 1 aliphatic heterocycles. The quantitative estimate of drug-likeness (QED) is 0.445. The topological polar surface area (TPSA) is 41.1 Å². The summed E-state index contributed by atoms with van der Waals surface area (Å²) in [6, 6.07) is 0. The largest absolute Gasteiger partial charge is 0.315 e. The lowest BCUT2D eigenvalue weighted by Crippen LogP contribution is -2.24. The van der Waals surface area contributed by atoms with Gasteiger partial charge >= 0.3 is 0 Å². The predicted molar refractivity (Wildman–Crippen MR) is 35.3 cm³/mol. The Morgan fingerprint density at radius 3 is 2.22 bits per heavy atom. The van der Waals surface area contributed by atoms with Gasteiger partial charge < -0.3 is 15.4 Å². The molecule has 3 heteroatoms. The molecule has 0 spiro atoms. The minimum Gasteiger partial charge on any atom is -0.315 e. The first-order valence-electron chi connectivity index (χ1n) is 3.30. The third-order valence-corrected chi connectivity index (χ3v) is 1.48. The number of hydrogen-bond acceptors (Lipinski definition) is 3. The highest BCUT2D eigenvalue weighted by Gasteiger charge is 2.08. The zero-order valence-corrected chi connectivity index (χ0v) is 5.39. The summed E-state index contributed by atoms with van der Waals surface area (Å²) in [4.78, 5) is 10.2. The minimum atomic E-state index is 0.174. The summed E-state index contributed by atoms with van der Waals surface area (Å²) in [7, 11) is 0. The van der Waals surface area contributed by atoms with Crippen LogP contribution in [0.4, 0.5) is 0 Å². The normalized spacial score (nSPS) is 23.1. The number of aldehydes is 1. The van der Waals surface area contributed by atoms with E-state index >= 15 is 0 Å². The first-order valence-corrected chi connectivity index (χ1v) is 3.30. The number of carbonyl (C=O) groups is 1. The highest BCUT2D eigenvalue weighted by molar-refractivity contribution is 5.54. The standard InChI is InChI=1S/C6H12N2O/c9-5-6-3-7-1-2-8-4-6/h5-8H,1-4H2. The van der Waals surface area contributed by atoms with Crippen molar-refractivity contribution in [3.05, 3.63) is 0 Å². The number of hydrogen-bond donors (Lipinski definition) is 2. The minimum absolute atomic E-state index is 0.174. The molecule has 52 valence electrons. The van der Waals surface area contributed by atoms with Gasteiger partial charge in [0.05, 0.1) is 0 Å². The van der Waals surface area contributed by atoms with Gasteiger partial charge in [-0.3, -0.25) is 0 Å². The van der Waals surface area contributed by atoms with Crippen LogP contribution in [0.1, 0.15) is 0 Å². The second-order valence-corrected chi connectivity index (χ2v) is 2.30. The Labute approximate surface area is 54.8 Å². The molecule has 1 fully saturated rings. The molecule has 0 amide bonds. The van der Waals surface area contributed by atoms with Gasteiger partial charge in [0.15, 0.2) is 0 Å². The lowest BCUT2D eigenvalue weighted by Gasteiger charge is -2.03. The average molecular weight is 128 g/mol. The monoisotopic (exact) mass is 128 g/mol. The highest BCUT2D eigenvalue weighted by atomic mass is 16.1. The molecule has 0 radical (unpaired) electrons. The van der Waals surface area contributed by atoms with Crippen molar-refractivity contribution in [3.8, 4) is 0 Å². The van der Waals surface area contributed by atoms with Crippen molar-refractivity contribution in [1.29, 1.82) is 0 Å². The SMILES string of the molecule is O=CC1CNCCNC1. The van der Waals surface area contributed by atoms with Gasteiger partial charge in [0.2, 0.25) is 0 Å². The molecule has 1 saturated heterocycles. The van der Waals surface area contributed by atoms with E-state index in [-0.39, 0.29) is 5.92 Å². The smallest absolute Gasteiger partial charge is 0.125 e. The zero-order valence-electron chi connectivity index (χ0n) is 5.39. The van der Waals surface area contributed by atoms with Crippen LogP contribution in [0.3, 0.4) is 0 Å². The third-order valence-electron chi connectivity index (χ3n) is 1.48. The summed E-state index contributed by atoms with van der Waals surface area (Å²) in [5.41, 5.74) is 0. The van der Waals surface area contributed by atoms with Crippen molar-refractivity contribution >= 4 is 6.29 Å². The summed E-state index contributed by atoms with van der Waals surface area (Å²) in [5.74, 6) is 0.174. The summed E-state index contributed by atoms with van der Waals surface area (Å²) in [6.07, 6.45) is 1.01. The van der Waals surface area contributed by atoms with Crippen LogP contribution in [0, 0.1) is 5.92 Å². The molecule has 3 nitrogen and oxygen atoms in total. The van der Waals surface area contributed by atoms with E-state index in [1.165, 1.54) is 0 Å². The fraction of sp³-hybridized carbons (Fsp3) is 0.833. The van der Waals surface area contributed by atoms with E-state index in [9.17, 15) is 4.79 Å². The maximum Gasteiger partial charge on any atom is 0.125 e. The molecule has 0 unspecified atom stereocenters. The van der Waals surface area contributed by atoms with Gasteiger partial charge in [0.25, 0.3) is 0 Å². The summed E-state index contributed by atoms with van der Waals surface area (Å²) >= 11 is 0. The highest BCUT2D eigenvalue weighted by Crippen LogP contribution is 1.88. The maximum absolute atomic E-state index is 10.2. The first-order chi connectivity index (χ1) is 4.43. The van der Waals surface area contributed by atoms with E-state index in [1.807, 2.05) is 0 Å². The number of nitrogens with one attached hydrogen (secondary N) is 2. The summed E-state index contributed by atoms with van der Waals surface area (Å²) < 4.78 is 0. The Bertz CT molecular complexity index is 87.1. The van der Waals surface area contributed by atoms with E-state index < -0.39 is 0 Å². The van der Waals surface area contributed by atoms with Crippen molar-refractivity contribution in [3.63, 3.8) is 0 Å². The van der Waals surface area contributed by atoms with Crippen LogP contribution in [-0.4, -0.2) is 32.5 Å². The predicted octanol–water partition coefficient (Wildman–Crippen LogP) is -1.01. The van der Waals surface area contributed by atoms with Gasteiger partial charge in [-0.25, -0.2) is 0 Å². The molecule has 0 aliphatic carbocycles. The Balaban J connectivity index is 2.26. The first kappa shape index (κ1) is 6.71. The van der Waals surface area contributed by atoms with Crippen LogP contribution in [0.25, 0.3) is 0 Å². The van der Waals surface area contributed by atoms with E-state index in [0.29, 0.717) is 0 Å². The van der Waals surface area contributed by atoms with Gasteiger partial charge in [-0.1, -0.05) is 0 Å². The van der Waals surface area contributed by atoms with Crippen molar-refractivity contribution < 1.29 is 4.79 Å². The van der Waals surface area contributed by atoms with E-state index in [1.54, 1.807) is 0 Å². The van der Waals surface area contributed by atoms with Crippen LogP contribution >= 0.6 is 0 Å². The molecule has 1 heterocycles. The van der Waals surface area contributed by atoms with Crippen LogP contribution in [-0.2, 0) is 4.79 Å². The van der Waals surface area contributed by atoms with Gasteiger partial charge in [0, 0.05) is 32.1 Å². The second-order valence-electron chi connectivity index (χ2n) is 2.30. The Hall–Kier alpha value is -0.410. The van der Waals surface area contributed by atoms with Crippen LogP contribution in [0.2, 0.25) is 0 Å². The molecule has 0 aromatic carbocycles. The molecule has 0 aromatic rings. The van der Waals surface area contributed by atoms with E-state index in [2.05, 4.69) is 10.6 Å². The molecular weight excluding hydrogens is 116 g/mol. The molecular formula is C6H12N2O.